The number of anilines is 1. The number of carboxylic acid groups (broad SMARTS) is 1. The summed E-state index contributed by atoms with van der Waals surface area (Å²) in [4.78, 5) is 20.6. The molecule has 6 heteroatoms. The predicted octanol–water partition coefficient (Wildman–Crippen LogP) is 5.50. The third-order valence-electron chi connectivity index (χ3n) is 6.68. The van der Waals surface area contributed by atoms with Crippen LogP contribution in [0.5, 0.6) is 5.88 Å². The van der Waals surface area contributed by atoms with Gasteiger partial charge in [-0.05, 0) is 62.2 Å². The number of likely N-dealkylation sites (N-methyl/N-ethyl adjacent to an activating group) is 1. The highest BCUT2D eigenvalue weighted by Gasteiger charge is 2.23. The monoisotopic (exact) mass is 471 g/mol. The number of hydrogen-bond donors (Lipinski definition) is 1. The quantitative estimate of drug-likeness (QED) is 0.445. The molecule has 1 fully saturated rings. The summed E-state index contributed by atoms with van der Waals surface area (Å²) in [6, 6.07) is 21.4. The topological polar surface area (TPSA) is 65.9 Å². The molecular formula is C29H33N3O3. The molecule has 6 nitrogen and oxygen atoms in total. The number of ether oxygens (including phenoxy) is 1. The van der Waals surface area contributed by atoms with Crippen LogP contribution in [0.15, 0.2) is 79.0 Å². The van der Waals surface area contributed by atoms with E-state index in [4.69, 9.17) is 9.72 Å². The van der Waals surface area contributed by atoms with Gasteiger partial charge < -0.3 is 14.7 Å². The van der Waals surface area contributed by atoms with Crippen molar-refractivity contribution in [1.82, 2.24) is 9.88 Å². The summed E-state index contributed by atoms with van der Waals surface area (Å²) >= 11 is 0. The number of aryl methyl sites for hydroxylation is 1. The maximum absolute atomic E-state index is 11.4. The summed E-state index contributed by atoms with van der Waals surface area (Å²) < 4.78 is 5.92. The zero-order chi connectivity index (χ0) is 24.8. The minimum Gasteiger partial charge on any atom is -0.478 e. The SMILES string of the molecule is C=C(CN1CCC(c2cccc(OCc3ccccc3)n2)CC1)N(C)c1cc(C(=O)O)ccc1C. The number of piperidine rings is 1. The third-order valence-corrected chi connectivity index (χ3v) is 6.68. The lowest BCUT2D eigenvalue weighted by Gasteiger charge is -2.34. The summed E-state index contributed by atoms with van der Waals surface area (Å²) in [6.07, 6.45) is 2.05. The van der Waals surface area contributed by atoms with Crippen molar-refractivity contribution in [3.05, 3.63) is 101 Å². The highest BCUT2D eigenvalue weighted by molar-refractivity contribution is 5.89. The molecule has 1 aliphatic heterocycles. The fourth-order valence-corrected chi connectivity index (χ4v) is 4.50. The van der Waals surface area contributed by atoms with Gasteiger partial charge in [0.25, 0.3) is 0 Å². The number of nitrogens with zero attached hydrogens (tertiary/aromatic N) is 3. The molecule has 1 aliphatic rings. The van der Waals surface area contributed by atoms with E-state index in [2.05, 4.69) is 29.7 Å². The minimum absolute atomic E-state index is 0.286. The van der Waals surface area contributed by atoms with Crippen molar-refractivity contribution in [3.63, 3.8) is 0 Å². The van der Waals surface area contributed by atoms with Crippen molar-refractivity contribution in [3.8, 4) is 5.88 Å². The van der Waals surface area contributed by atoms with Crippen molar-refractivity contribution in [1.29, 1.82) is 0 Å². The molecule has 3 aromatic rings. The van der Waals surface area contributed by atoms with Gasteiger partial charge in [0.1, 0.15) is 6.61 Å². The van der Waals surface area contributed by atoms with Crippen LogP contribution >= 0.6 is 0 Å². The van der Waals surface area contributed by atoms with E-state index < -0.39 is 5.97 Å². The molecule has 0 saturated carbocycles. The summed E-state index contributed by atoms with van der Waals surface area (Å²) in [5.74, 6) is 0.158. The van der Waals surface area contributed by atoms with Gasteiger partial charge in [-0.2, -0.15) is 0 Å². The van der Waals surface area contributed by atoms with Crippen LogP contribution in [-0.4, -0.2) is 47.6 Å². The van der Waals surface area contributed by atoms with Crippen LogP contribution in [0.4, 0.5) is 5.69 Å². The van der Waals surface area contributed by atoms with Crippen LogP contribution in [-0.2, 0) is 6.61 Å². The highest BCUT2D eigenvalue weighted by atomic mass is 16.5. The van der Waals surface area contributed by atoms with Gasteiger partial charge >= 0.3 is 5.97 Å². The molecule has 2 aromatic carbocycles. The van der Waals surface area contributed by atoms with E-state index in [1.54, 1.807) is 12.1 Å². The summed E-state index contributed by atoms with van der Waals surface area (Å²) in [7, 11) is 1.95. The van der Waals surface area contributed by atoms with Crippen molar-refractivity contribution < 1.29 is 14.6 Å². The van der Waals surface area contributed by atoms with Gasteiger partial charge in [0.2, 0.25) is 5.88 Å². The molecule has 1 aromatic heterocycles. The first-order chi connectivity index (χ1) is 16.9. The molecule has 35 heavy (non-hydrogen) atoms. The Labute approximate surface area is 207 Å². The number of hydrogen-bond acceptors (Lipinski definition) is 5. The number of benzene rings is 2. The lowest BCUT2D eigenvalue weighted by molar-refractivity contribution is 0.0697. The summed E-state index contributed by atoms with van der Waals surface area (Å²) in [6.45, 7) is 9.45. The maximum atomic E-state index is 11.4. The van der Waals surface area contributed by atoms with E-state index in [0.717, 1.165) is 60.7 Å². The molecule has 182 valence electrons. The van der Waals surface area contributed by atoms with Crippen LogP contribution in [0.25, 0.3) is 0 Å². The molecule has 1 saturated heterocycles. The number of rotatable bonds is 9. The number of aromatic carboxylic acids is 1. The standard InChI is InChI=1S/C29H33N3O3/c1-21-12-13-25(29(33)34)18-27(21)31(3)22(2)19-32-16-14-24(15-17-32)26-10-7-11-28(30-26)35-20-23-8-5-4-6-9-23/h4-13,18,24H,2,14-17,19-20H2,1,3H3,(H,33,34). The van der Waals surface area contributed by atoms with Gasteiger partial charge in [-0.15, -0.1) is 0 Å². The van der Waals surface area contributed by atoms with Gasteiger partial charge in [0.15, 0.2) is 0 Å². The van der Waals surface area contributed by atoms with E-state index >= 15 is 0 Å². The molecule has 0 bridgehead atoms. The van der Waals surface area contributed by atoms with Gasteiger partial charge in [0.05, 0.1) is 5.56 Å². The Bertz CT molecular complexity index is 1170. The molecule has 0 radical (unpaired) electrons. The van der Waals surface area contributed by atoms with E-state index in [9.17, 15) is 9.90 Å². The Morgan fingerprint density at radius 1 is 1.11 bits per heavy atom. The number of carbonyl (C=O) groups is 1. The maximum Gasteiger partial charge on any atom is 0.335 e. The first-order valence-corrected chi connectivity index (χ1v) is 12.0. The first-order valence-electron chi connectivity index (χ1n) is 12.0. The molecule has 0 spiro atoms. The second-order valence-corrected chi connectivity index (χ2v) is 9.16. The van der Waals surface area contributed by atoms with Crippen molar-refractivity contribution in [2.24, 2.45) is 0 Å². The molecular weight excluding hydrogens is 438 g/mol. The van der Waals surface area contributed by atoms with Crippen molar-refractivity contribution >= 4 is 11.7 Å². The Balaban J connectivity index is 1.31. The van der Waals surface area contributed by atoms with Gasteiger partial charge in [-0.3, -0.25) is 4.90 Å². The molecule has 4 rings (SSSR count). The number of aromatic nitrogens is 1. The van der Waals surface area contributed by atoms with Crippen LogP contribution in [0.3, 0.4) is 0 Å². The van der Waals surface area contributed by atoms with Crippen molar-refractivity contribution in [2.75, 3.05) is 31.6 Å². The number of carboxylic acids is 1. The predicted molar refractivity (Wildman–Crippen MR) is 139 cm³/mol. The lowest BCUT2D eigenvalue weighted by atomic mass is 9.93. The molecule has 2 heterocycles. The molecule has 1 N–H and O–H groups in total. The van der Waals surface area contributed by atoms with Gasteiger partial charge in [-0.25, -0.2) is 9.78 Å². The second kappa shape index (κ2) is 11.2. The Morgan fingerprint density at radius 2 is 1.86 bits per heavy atom. The largest absolute Gasteiger partial charge is 0.478 e. The Kier molecular flexibility index (Phi) is 7.83. The minimum atomic E-state index is -0.921. The smallest absolute Gasteiger partial charge is 0.335 e. The van der Waals surface area contributed by atoms with Crippen LogP contribution in [0.2, 0.25) is 0 Å². The lowest BCUT2D eigenvalue weighted by Crippen LogP contribution is -2.37. The molecule has 0 atom stereocenters. The third kappa shape index (κ3) is 6.28. The second-order valence-electron chi connectivity index (χ2n) is 9.16. The van der Waals surface area contributed by atoms with E-state index in [1.807, 2.05) is 55.3 Å². The average Bonchev–Trinajstić information content (AvgIpc) is 2.88. The van der Waals surface area contributed by atoms with E-state index in [-0.39, 0.29) is 5.56 Å². The fraction of sp³-hybridized carbons (Fsp3) is 0.310. The van der Waals surface area contributed by atoms with Crippen LogP contribution in [0, 0.1) is 6.92 Å². The number of likely N-dealkylation sites (tertiary alicyclic amines) is 1. The van der Waals surface area contributed by atoms with Crippen molar-refractivity contribution in [2.45, 2.75) is 32.3 Å². The highest BCUT2D eigenvalue weighted by Crippen LogP contribution is 2.29. The zero-order valence-corrected chi connectivity index (χ0v) is 20.5. The molecule has 0 unspecified atom stereocenters. The normalized spacial score (nSPS) is 14.5. The number of pyridine rings is 1. The average molecular weight is 472 g/mol. The Morgan fingerprint density at radius 3 is 2.57 bits per heavy atom. The Hall–Kier alpha value is -3.64. The zero-order valence-electron chi connectivity index (χ0n) is 20.5. The molecule has 0 amide bonds. The molecule has 0 aliphatic carbocycles. The van der Waals surface area contributed by atoms with E-state index in [0.29, 0.717) is 18.4 Å². The van der Waals surface area contributed by atoms with Crippen LogP contribution < -0.4 is 9.64 Å². The summed E-state index contributed by atoms with van der Waals surface area (Å²) in [5.41, 5.74) is 5.35. The van der Waals surface area contributed by atoms with E-state index in [1.165, 1.54) is 0 Å². The fourth-order valence-electron chi connectivity index (χ4n) is 4.50. The first kappa shape index (κ1) is 24.5. The van der Waals surface area contributed by atoms with Gasteiger partial charge in [-0.1, -0.05) is 49.0 Å². The van der Waals surface area contributed by atoms with Gasteiger partial charge in [0, 0.05) is 42.7 Å². The van der Waals surface area contributed by atoms with Crippen LogP contribution in [0.1, 0.15) is 45.9 Å². The summed E-state index contributed by atoms with van der Waals surface area (Å²) in [5, 5.41) is 9.34.